The average Bonchev–Trinajstić information content (AvgIpc) is 2.45. The maximum absolute atomic E-state index is 11.1. The van der Waals surface area contributed by atoms with Crippen molar-refractivity contribution in [1.29, 1.82) is 5.26 Å². The third-order valence-corrected chi connectivity index (χ3v) is 3.18. The molecule has 0 fully saturated rings. The van der Waals surface area contributed by atoms with Crippen LogP contribution in [-0.4, -0.2) is 26.8 Å². The lowest BCUT2D eigenvalue weighted by Gasteiger charge is -2.06. The normalized spacial score (nSPS) is 9.84. The quantitative estimate of drug-likeness (QED) is 0.859. The number of nitrogens with zero attached hydrogens (tertiary/aromatic N) is 3. The minimum Gasteiger partial charge on any atom is -0.478 e. The number of pyridine rings is 2. The lowest BCUT2D eigenvalue weighted by molar-refractivity contribution is 0.0692. The predicted octanol–water partition coefficient (Wildman–Crippen LogP) is 2.46. The van der Waals surface area contributed by atoms with Crippen molar-refractivity contribution in [2.75, 3.05) is 5.75 Å². The Morgan fingerprint density at radius 1 is 1.42 bits per heavy atom. The number of carboxylic acids is 1. The van der Waals surface area contributed by atoms with Crippen molar-refractivity contribution in [3.05, 3.63) is 42.2 Å². The highest BCUT2D eigenvalue weighted by molar-refractivity contribution is 7.99. The molecule has 0 aliphatic rings. The van der Waals surface area contributed by atoms with Crippen LogP contribution in [0.15, 0.2) is 41.7 Å². The maximum atomic E-state index is 11.1. The molecule has 0 saturated heterocycles. The van der Waals surface area contributed by atoms with Gasteiger partial charge in [-0.3, -0.25) is 4.98 Å². The van der Waals surface area contributed by atoms with Crippen LogP contribution in [0.1, 0.15) is 10.4 Å². The van der Waals surface area contributed by atoms with E-state index in [2.05, 4.69) is 9.97 Å². The van der Waals surface area contributed by atoms with Crippen LogP contribution in [0.4, 0.5) is 0 Å². The van der Waals surface area contributed by atoms with Gasteiger partial charge in [0.25, 0.3) is 0 Å². The lowest BCUT2D eigenvalue weighted by atomic mass is 10.1. The van der Waals surface area contributed by atoms with Gasteiger partial charge in [-0.1, -0.05) is 11.8 Å². The minimum absolute atomic E-state index is 0.105. The van der Waals surface area contributed by atoms with Crippen LogP contribution in [0, 0.1) is 11.3 Å². The third-order valence-electron chi connectivity index (χ3n) is 2.32. The fourth-order valence-corrected chi connectivity index (χ4v) is 2.16. The first-order chi connectivity index (χ1) is 9.22. The standard InChI is InChI=1S/C13H9N3O2S/c14-5-7-19-12-10(13(17)18)3-4-11(16-12)9-2-1-6-15-8-9/h1-4,6,8H,7H2,(H,17,18). The predicted molar refractivity (Wildman–Crippen MR) is 70.8 cm³/mol. The monoisotopic (exact) mass is 271 g/mol. The SMILES string of the molecule is N#CCSc1nc(-c2cccnc2)ccc1C(=O)O. The summed E-state index contributed by atoms with van der Waals surface area (Å²) in [4.78, 5) is 19.4. The van der Waals surface area contributed by atoms with Crippen molar-refractivity contribution in [2.24, 2.45) is 0 Å². The van der Waals surface area contributed by atoms with E-state index in [9.17, 15) is 4.79 Å². The van der Waals surface area contributed by atoms with Crippen LogP contribution in [0.25, 0.3) is 11.3 Å². The Morgan fingerprint density at radius 2 is 2.26 bits per heavy atom. The van der Waals surface area contributed by atoms with Crippen LogP contribution in [-0.2, 0) is 0 Å². The summed E-state index contributed by atoms with van der Waals surface area (Å²) in [5, 5.41) is 18.0. The maximum Gasteiger partial charge on any atom is 0.338 e. The Morgan fingerprint density at radius 3 is 2.89 bits per heavy atom. The number of aromatic nitrogens is 2. The Hall–Kier alpha value is -2.39. The first kappa shape index (κ1) is 13.1. The smallest absolute Gasteiger partial charge is 0.338 e. The molecule has 2 aromatic rings. The third kappa shape index (κ3) is 3.09. The summed E-state index contributed by atoms with van der Waals surface area (Å²) in [6.07, 6.45) is 3.31. The first-order valence-corrected chi connectivity index (χ1v) is 6.35. The number of carboxylic acid groups (broad SMARTS) is 1. The molecule has 0 unspecified atom stereocenters. The van der Waals surface area contributed by atoms with Gasteiger partial charge >= 0.3 is 5.97 Å². The first-order valence-electron chi connectivity index (χ1n) is 5.37. The molecule has 2 heterocycles. The zero-order valence-electron chi connectivity index (χ0n) is 9.78. The average molecular weight is 271 g/mol. The molecule has 0 aliphatic carbocycles. The zero-order chi connectivity index (χ0) is 13.7. The molecule has 0 radical (unpaired) electrons. The molecule has 5 nitrogen and oxygen atoms in total. The van der Waals surface area contributed by atoms with E-state index in [1.54, 1.807) is 24.5 Å². The van der Waals surface area contributed by atoms with Gasteiger partial charge in [0.15, 0.2) is 0 Å². The van der Waals surface area contributed by atoms with Crippen LogP contribution in [0.5, 0.6) is 0 Å². The highest BCUT2D eigenvalue weighted by Crippen LogP contribution is 2.25. The molecule has 0 atom stereocenters. The van der Waals surface area contributed by atoms with Crippen LogP contribution < -0.4 is 0 Å². The molecule has 2 rings (SSSR count). The summed E-state index contributed by atoms with van der Waals surface area (Å²) in [5.41, 5.74) is 1.55. The molecule has 0 bridgehead atoms. The number of hydrogen-bond acceptors (Lipinski definition) is 5. The second-order valence-electron chi connectivity index (χ2n) is 3.54. The molecule has 0 aromatic carbocycles. The molecule has 0 aliphatic heterocycles. The van der Waals surface area contributed by atoms with E-state index in [-0.39, 0.29) is 11.3 Å². The van der Waals surface area contributed by atoms with Gasteiger partial charge in [-0.25, -0.2) is 9.78 Å². The minimum atomic E-state index is -1.05. The highest BCUT2D eigenvalue weighted by Gasteiger charge is 2.13. The molecule has 1 N–H and O–H groups in total. The van der Waals surface area contributed by atoms with Gasteiger partial charge in [0.2, 0.25) is 0 Å². The van der Waals surface area contributed by atoms with Gasteiger partial charge < -0.3 is 5.11 Å². The largest absolute Gasteiger partial charge is 0.478 e. The molecule has 19 heavy (non-hydrogen) atoms. The molecule has 0 spiro atoms. The zero-order valence-corrected chi connectivity index (χ0v) is 10.6. The van der Waals surface area contributed by atoms with Crippen molar-refractivity contribution in [2.45, 2.75) is 5.03 Å². The summed E-state index contributed by atoms with van der Waals surface area (Å²) in [6, 6.07) is 8.72. The van der Waals surface area contributed by atoms with Crippen LogP contribution >= 0.6 is 11.8 Å². The number of thioether (sulfide) groups is 1. The topological polar surface area (TPSA) is 86.9 Å². The van der Waals surface area contributed by atoms with Gasteiger partial charge in [0.1, 0.15) is 5.03 Å². The molecular formula is C13H9N3O2S. The summed E-state index contributed by atoms with van der Waals surface area (Å²) in [7, 11) is 0. The second kappa shape index (κ2) is 5.98. The number of rotatable bonds is 4. The van der Waals surface area contributed by atoms with E-state index in [0.29, 0.717) is 10.7 Å². The molecule has 0 amide bonds. The van der Waals surface area contributed by atoms with Gasteiger partial charge in [0, 0.05) is 18.0 Å². The number of hydrogen-bond donors (Lipinski definition) is 1. The van der Waals surface area contributed by atoms with E-state index in [0.717, 1.165) is 17.3 Å². The lowest BCUT2D eigenvalue weighted by Crippen LogP contribution is -2.02. The fraction of sp³-hybridized carbons (Fsp3) is 0.0769. The summed E-state index contributed by atoms with van der Waals surface area (Å²) in [5.74, 6) is -0.894. The Bertz CT molecular complexity index is 638. The fourth-order valence-electron chi connectivity index (χ4n) is 1.49. The summed E-state index contributed by atoms with van der Waals surface area (Å²) >= 11 is 1.11. The second-order valence-corrected chi connectivity index (χ2v) is 4.51. The van der Waals surface area contributed by atoms with Crippen molar-refractivity contribution < 1.29 is 9.90 Å². The molecule has 94 valence electrons. The number of carbonyl (C=O) groups is 1. The Labute approximate surface area is 113 Å². The van der Waals surface area contributed by atoms with Gasteiger partial charge in [-0.05, 0) is 24.3 Å². The van der Waals surface area contributed by atoms with E-state index in [1.165, 1.54) is 6.07 Å². The number of aromatic carboxylic acids is 1. The number of nitriles is 1. The Kier molecular flexibility index (Phi) is 4.11. The van der Waals surface area contributed by atoms with E-state index in [4.69, 9.17) is 10.4 Å². The van der Waals surface area contributed by atoms with E-state index < -0.39 is 5.97 Å². The van der Waals surface area contributed by atoms with E-state index in [1.807, 2.05) is 12.1 Å². The molecular weight excluding hydrogens is 262 g/mol. The van der Waals surface area contributed by atoms with Gasteiger partial charge in [0.05, 0.1) is 23.1 Å². The highest BCUT2D eigenvalue weighted by atomic mass is 32.2. The van der Waals surface area contributed by atoms with Crippen LogP contribution in [0.2, 0.25) is 0 Å². The van der Waals surface area contributed by atoms with Crippen LogP contribution in [0.3, 0.4) is 0 Å². The summed E-state index contributed by atoms with van der Waals surface area (Å²) < 4.78 is 0. The van der Waals surface area contributed by atoms with Gasteiger partial charge in [-0.2, -0.15) is 5.26 Å². The van der Waals surface area contributed by atoms with Crippen molar-refractivity contribution in [3.63, 3.8) is 0 Å². The van der Waals surface area contributed by atoms with Crippen molar-refractivity contribution in [3.8, 4) is 17.3 Å². The van der Waals surface area contributed by atoms with Crippen molar-refractivity contribution >= 4 is 17.7 Å². The van der Waals surface area contributed by atoms with Gasteiger partial charge in [-0.15, -0.1) is 0 Å². The van der Waals surface area contributed by atoms with Crippen molar-refractivity contribution in [1.82, 2.24) is 9.97 Å². The summed E-state index contributed by atoms with van der Waals surface area (Å²) in [6.45, 7) is 0. The molecule has 6 heteroatoms. The Balaban J connectivity index is 2.44. The molecule has 0 saturated carbocycles. The van der Waals surface area contributed by atoms with E-state index >= 15 is 0 Å². The molecule has 2 aromatic heterocycles.